The molecule has 2 saturated carbocycles. The van der Waals surface area contributed by atoms with Crippen molar-refractivity contribution in [1.29, 1.82) is 0 Å². The van der Waals surface area contributed by atoms with Gasteiger partial charge in [0.15, 0.2) is 0 Å². The minimum atomic E-state index is 0.554. The first-order chi connectivity index (χ1) is 8.81. The van der Waals surface area contributed by atoms with Crippen molar-refractivity contribution < 1.29 is 4.74 Å². The molecule has 0 radical (unpaired) electrons. The van der Waals surface area contributed by atoms with Gasteiger partial charge in [-0.25, -0.2) is 0 Å². The zero-order valence-corrected chi connectivity index (χ0v) is 12.2. The van der Waals surface area contributed by atoms with Gasteiger partial charge in [-0.3, -0.25) is 0 Å². The molecule has 1 aromatic rings. The third kappa shape index (κ3) is 1.77. The van der Waals surface area contributed by atoms with Crippen LogP contribution < -0.4 is 0 Å². The Morgan fingerprint density at radius 1 is 1.11 bits per heavy atom. The lowest BCUT2D eigenvalue weighted by atomic mass is 9.84. The van der Waals surface area contributed by atoms with Crippen LogP contribution in [0.25, 0.3) is 0 Å². The normalized spacial score (nSPS) is 34.8. The number of halogens is 1. The lowest BCUT2D eigenvalue weighted by Crippen LogP contribution is -2.15. The Morgan fingerprint density at radius 2 is 2.00 bits per heavy atom. The van der Waals surface area contributed by atoms with Gasteiger partial charge in [-0.15, -0.1) is 0 Å². The van der Waals surface area contributed by atoms with E-state index in [9.17, 15) is 0 Å². The SMILES string of the molecule is BrC(c1ccc2c(c1)COC2)C1CC2CCC1C2. The number of rotatable bonds is 2. The van der Waals surface area contributed by atoms with Crippen molar-refractivity contribution in [2.45, 2.75) is 43.7 Å². The summed E-state index contributed by atoms with van der Waals surface area (Å²) >= 11 is 3.98. The van der Waals surface area contributed by atoms with Gasteiger partial charge in [0.1, 0.15) is 0 Å². The van der Waals surface area contributed by atoms with Crippen molar-refractivity contribution in [3.05, 3.63) is 34.9 Å². The molecule has 0 amide bonds. The Kier molecular flexibility index (Phi) is 2.77. The first-order valence-electron chi connectivity index (χ1n) is 7.15. The lowest BCUT2D eigenvalue weighted by Gasteiger charge is -2.27. The van der Waals surface area contributed by atoms with E-state index in [-0.39, 0.29) is 0 Å². The second kappa shape index (κ2) is 4.35. The largest absolute Gasteiger partial charge is 0.372 e. The fourth-order valence-electron chi connectivity index (χ4n) is 4.26. The van der Waals surface area contributed by atoms with E-state index >= 15 is 0 Å². The van der Waals surface area contributed by atoms with Gasteiger partial charge in [0.05, 0.1) is 13.2 Å². The zero-order chi connectivity index (χ0) is 12.1. The maximum absolute atomic E-state index is 5.51. The van der Waals surface area contributed by atoms with E-state index in [1.165, 1.54) is 42.4 Å². The van der Waals surface area contributed by atoms with Gasteiger partial charge >= 0.3 is 0 Å². The first kappa shape index (κ1) is 11.5. The second-order valence-electron chi connectivity index (χ2n) is 6.26. The molecule has 0 spiro atoms. The molecule has 0 aromatic heterocycles. The van der Waals surface area contributed by atoms with E-state index in [2.05, 4.69) is 34.1 Å². The topological polar surface area (TPSA) is 9.23 Å². The molecule has 0 saturated heterocycles. The van der Waals surface area contributed by atoms with E-state index in [4.69, 9.17) is 4.74 Å². The molecule has 2 fully saturated rings. The number of hydrogen-bond acceptors (Lipinski definition) is 1. The molecule has 1 heterocycles. The van der Waals surface area contributed by atoms with Gasteiger partial charge in [-0.05, 0) is 53.7 Å². The summed E-state index contributed by atoms with van der Waals surface area (Å²) in [6, 6.07) is 6.94. The average molecular weight is 307 g/mol. The van der Waals surface area contributed by atoms with E-state index in [1.54, 1.807) is 0 Å². The molecule has 4 rings (SSSR count). The summed E-state index contributed by atoms with van der Waals surface area (Å²) in [5.74, 6) is 2.87. The second-order valence-corrected chi connectivity index (χ2v) is 7.25. The lowest BCUT2D eigenvalue weighted by molar-refractivity contribution is 0.134. The maximum Gasteiger partial charge on any atom is 0.0725 e. The fraction of sp³-hybridized carbons (Fsp3) is 0.625. The van der Waals surface area contributed by atoms with Crippen LogP contribution in [0, 0.1) is 17.8 Å². The average Bonchev–Trinajstić information content (AvgIpc) is 3.12. The van der Waals surface area contributed by atoms with Crippen LogP contribution in [-0.4, -0.2) is 0 Å². The molecule has 4 atom stereocenters. The number of fused-ring (bicyclic) bond motifs is 3. The standard InChI is InChI=1S/C16H19BrO/c17-16(15-6-10-1-2-11(15)5-10)12-3-4-13-8-18-9-14(13)7-12/h3-4,7,10-11,15-16H,1-2,5-6,8-9H2. The van der Waals surface area contributed by atoms with Crippen molar-refractivity contribution in [3.8, 4) is 0 Å². The number of ether oxygens (including phenoxy) is 1. The van der Waals surface area contributed by atoms with Crippen molar-refractivity contribution in [2.75, 3.05) is 0 Å². The van der Waals surface area contributed by atoms with Crippen LogP contribution in [-0.2, 0) is 18.0 Å². The van der Waals surface area contributed by atoms with Crippen LogP contribution in [0.15, 0.2) is 18.2 Å². The number of alkyl halides is 1. The van der Waals surface area contributed by atoms with E-state index in [0.717, 1.165) is 31.0 Å². The Morgan fingerprint density at radius 3 is 2.78 bits per heavy atom. The van der Waals surface area contributed by atoms with Gasteiger partial charge in [-0.2, -0.15) is 0 Å². The molecular formula is C16H19BrO. The highest BCUT2D eigenvalue weighted by atomic mass is 79.9. The summed E-state index contributed by atoms with van der Waals surface area (Å²) in [6.45, 7) is 1.61. The van der Waals surface area contributed by atoms with Crippen molar-refractivity contribution in [1.82, 2.24) is 0 Å². The molecule has 3 aliphatic rings. The maximum atomic E-state index is 5.51. The quantitative estimate of drug-likeness (QED) is 0.726. The van der Waals surface area contributed by atoms with E-state index in [1.807, 2.05) is 0 Å². The van der Waals surface area contributed by atoms with Crippen LogP contribution in [0.4, 0.5) is 0 Å². The minimum absolute atomic E-state index is 0.554. The van der Waals surface area contributed by atoms with Gasteiger partial charge in [0.2, 0.25) is 0 Å². The Hall–Kier alpha value is -0.340. The molecule has 2 aliphatic carbocycles. The predicted octanol–water partition coefficient (Wildman–Crippen LogP) is 4.59. The van der Waals surface area contributed by atoms with Gasteiger partial charge < -0.3 is 4.74 Å². The van der Waals surface area contributed by atoms with Crippen LogP contribution >= 0.6 is 15.9 Å². The van der Waals surface area contributed by atoms with Gasteiger partial charge in [0.25, 0.3) is 0 Å². The summed E-state index contributed by atoms with van der Waals surface area (Å²) < 4.78 is 5.51. The predicted molar refractivity (Wildman–Crippen MR) is 75.5 cm³/mol. The van der Waals surface area contributed by atoms with E-state index < -0.39 is 0 Å². The summed E-state index contributed by atoms with van der Waals surface area (Å²) in [5, 5.41) is 0. The molecule has 0 N–H and O–H groups in total. The van der Waals surface area contributed by atoms with Crippen LogP contribution in [0.5, 0.6) is 0 Å². The molecule has 2 bridgehead atoms. The summed E-state index contributed by atoms with van der Waals surface area (Å²) in [5.41, 5.74) is 4.25. The van der Waals surface area contributed by atoms with Gasteiger partial charge in [-0.1, -0.05) is 40.5 Å². The highest BCUT2D eigenvalue weighted by Crippen LogP contribution is 2.55. The summed E-state index contributed by atoms with van der Waals surface area (Å²) in [4.78, 5) is 0.554. The molecule has 4 unspecified atom stereocenters. The van der Waals surface area contributed by atoms with Crippen molar-refractivity contribution in [2.24, 2.45) is 17.8 Å². The number of hydrogen-bond donors (Lipinski definition) is 0. The Balaban J connectivity index is 1.59. The molecule has 96 valence electrons. The third-order valence-electron chi connectivity index (χ3n) is 5.23. The monoisotopic (exact) mass is 306 g/mol. The highest BCUT2D eigenvalue weighted by molar-refractivity contribution is 9.09. The Bertz CT molecular complexity index is 470. The molecule has 1 aliphatic heterocycles. The van der Waals surface area contributed by atoms with Crippen LogP contribution in [0.2, 0.25) is 0 Å². The summed E-state index contributed by atoms with van der Waals surface area (Å²) in [7, 11) is 0. The zero-order valence-electron chi connectivity index (χ0n) is 10.6. The van der Waals surface area contributed by atoms with Crippen LogP contribution in [0.1, 0.15) is 47.2 Å². The molecule has 1 nitrogen and oxygen atoms in total. The van der Waals surface area contributed by atoms with Gasteiger partial charge in [0, 0.05) is 4.83 Å². The smallest absolute Gasteiger partial charge is 0.0725 e. The van der Waals surface area contributed by atoms with Crippen molar-refractivity contribution in [3.63, 3.8) is 0 Å². The highest BCUT2D eigenvalue weighted by Gasteiger charge is 2.42. The first-order valence-corrected chi connectivity index (χ1v) is 8.06. The number of benzene rings is 1. The molecule has 18 heavy (non-hydrogen) atoms. The Labute approximate surface area is 117 Å². The minimum Gasteiger partial charge on any atom is -0.372 e. The van der Waals surface area contributed by atoms with Crippen LogP contribution in [0.3, 0.4) is 0 Å². The van der Waals surface area contributed by atoms with Crippen molar-refractivity contribution >= 4 is 15.9 Å². The molecule has 1 aromatic carbocycles. The van der Waals surface area contributed by atoms with E-state index in [0.29, 0.717) is 4.83 Å². The third-order valence-corrected chi connectivity index (χ3v) is 6.44. The summed E-state index contributed by atoms with van der Waals surface area (Å²) in [6.07, 6.45) is 5.87. The molecule has 2 heteroatoms. The molecular weight excluding hydrogens is 288 g/mol. The fourth-order valence-corrected chi connectivity index (χ4v) is 5.20.